The van der Waals surface area contributed by atoms with Crippen molar-refractivity contribution in [3.63, 3.8) is 0 Å². The standard InChI is InChI=1S/C37H50N6O9S/c1-21-9-7-8-10-23-18-37(23,34(46)41-53(49,50)36(3)13-14-36)40-31(44)28-17-25(20-43(28)33(45)30(22(2)15-21)39-35(47)48)52-32-26-12-11-24(42(4)5)16-27(26)29(51-6)19-38-32/h8,10-12,16,19,21-23,25,28,30,39H,7,9,13-15,17-18,20H2,1-6H3,(H,40,44)(H,41,46)(H,47,48)/b10-8-/t21-,22+,23+,25+,28-,30-,37+/m0/s1. The Kier molecular flexibility index (Phi) is 10.3. The number of anilines is 1. The average molecular weight is 755 g/mol. The first kappa shape index (κ1) is 38.1. The van der Waals surface area contributed by atoms with E-state index in [0.717, 1.165) is 17.5 Å². The number of methoxy groups -OCH3 is 1. The van der Waals surface area contributed by atoms with Gasteiger partial charge in [-0.25, -0.2) is 18.2 Å². The van der Waals surface area contributed by atoms with E-state index < -0.39 is 74.1 Å². The Morgan fingerprint density at radius 3 is 2.53 bits per heavy atom. The molecule has 6 rings (SSSR count). The number of rotatable bonds is 8. The van der Waals surface area contributed by atoms with E-state index in [0.29, 0.717) is 36.8 Å². The van der Waals surface area contributed by atoms with Gasteiger partial charge in [-0.3, -0.25) is 19.1 Å². The van der Waals surface area contributed by atoms with Crippen molar-refractivity contribution >= 4 is 50.3 Å². The number of hydrogen-bond donors (Lipinski definition) is 4. The monoisotopic (exact) mass is 754 g/mol. The number of allylic oxidation sites excluding steroid dienone is 1. The molecule has 7 atom stereocenters. The van der Waals surface area contributed by atoms with Gasteiger partial charge < -0.3 is 35.0 Å². The van der Waals surface area contributed by atoms with Crippen molar-refractivity contribution in [1.82, 2.24) is 25.2 Å². The fourth-order valence-electron chi connectivity index (χ4n) is 7.60. The van der Waals surface area contributed by atoms with Gasteiger partial charge in [-0.1, -0.05) is 26.0 Å². The van der Waals surface area contributed by atoms with E-state index in [4.69, 9.17) is 9.47 Å². The second-order valence-corrected chi connectivity index (χ2v) is 17.8. The summed E-state index contributed by atoms with van der Waals surface area (Å²) in [6, 6.07) is 3.38. The highest BCUT2D eigenvalue weighted by Gasteiger charge is 2.63. The number of carbonyl (C=O) groups is 4. The molecule has 1 aromatic carbocycles. The number of hydrogen-bond acceptors (Lipinski definition) is 10. The normalized spacial score (nSPS) is 30.4. The predicted octanol–water partition coefficient (Wildman–Crippen LogP) is 3.18. The molecule has 4 N–H and O–H groups in total. The number of fused-ring (bicyclic) bond motifs is 3. The van der Waals surface area contributed by atoms with Crippen molar-refractivity contribution in [1.29, 1.82) is 0 Å². The summed E-state index contributed by atoms with van der Waals surface area (Å²) in [5, 5.41) is 16.4. The van der Waals surface area contributed by atoms with E-state index >= 15 is 0 Å². The zero-order valence-electron chi connectivity index (χ0n) is 31.0. The fourth-order valence-corrected chi connectivity index (χ4v) is 8.91. The summed E-state index contributed by atoms with van der Waals surface area (Å²) in [6.07, 6.45) is 6.16. The number of carboxylic acid groups (broad SMARTS) is 1. The number of amides is 4. The maximum Gasteiger partial charge on any atom is 0.405 e. The number of sulfonamides is 1. The van der Waals surface area contributed by atoms with Crippen LogP contribution in [0.15, 0.2) is 36.5 Å². The van der Waals surface area contributed by atoms with E-state index in [2.05, 4.69) is 20.3 Å². The largest absolute Gasteiger partial charge is 0.494 e. The average Bonchev–Trinajstić information content (AvgIpc) is 3.98. The number of aromatic nitrogens is 1. The SMILES string of the molecule is COc1cnc(O[C@@H]2C[C@H]3C(=O)N[C@]4(C(=O)NS(=O)(=O)C5(C)CC5)C[C@H]4/C=C\CC[C@H](C)C[C@@H](C)[C@H](NC(=O)O)C(=O)N3C2)c2ccc(N(C)C)cc12. The minimum absolute atomic E-state index is 0.00169. The zero-order valence-corrected chi connectivity index (χ0v) is 31.9. The van der Waals surface area contributed by atoms with Gasteiger partial charge in [-0.05, 0) is 75.5 Å². The van der Waals surface area contributed by atoms with Crippen LogP contribution in [-0.4, -0.2) is 103 Å². The van der Waals surface area contributed by atoms with Crippen LogP contribution >= 0.6 is 0 Å². The Hall–Kier alpha value is -4.60. The van der Waals surface area contributed by atoms with Crippen LogP contribution in [0.25, 0.3) is 10.8 Å². The van der Waals surface area contributed by atoms with Gasteiger partial charge in [0, 0.05) is 42.9 Å². The number of benzene rings is 1. The summed E-state index contributed by atoms with van der Waals surface area (Å²) in [6.45, 7) is 5.35. The van der Waals surface area contributed by atoms with Crippen LogP contribution in [0.4, 0.5) is 10.5 Å². The van der Waals surface area contributed by atoms with Crippen molar-refractivity contribution in [2.24, 2.45) is 17.8 Å². The Labute approximate surface area is 309 Å². The fraction of sp³-hybridized carbons (Fsp3) is 0.595. The lowest BCUT2D eigenvalue weighted by Gasteiger charge is -2.32. The van der Waals surface area contributed by atoms with Crippen LogP contribution < -0.4 is 29.7 Å². The molecule has 4 aliphatic rings. The van der Waals surface area contributed by atoms with Gasteiger partial charge >= 0.3 is 6.09 Å². The van der Waals surface area contributed by atoms with Crippen LogP contribution in [0.1, 0.15) is 65.7 Å². The van der Waals surface area contributed by atoms with Gasteiger partial charge in [-0.15, -0.1) is 0 Å². The zero-order chi connectivity index (χ0) is 38.5. The Bertz CT molecular complexity index is 1930. The second kappa shape index (κ2) is 14.3. The summed E-state index contributed by atoms with van der Waals surface area (Å²) in [7, 11) is 1.38. The maximum atomic E-state index is 14.4. The molecule has 3 fully saturated rings. The minimum atomic E-state index is -4.00. The van der Waals surface area contributed by atoms with Crippen LogP contribution in [0.3, 0.4) is 0 Å². The molecular formula is C37H50N6O9S. The smallest absolute Gasteiger partial charge is 0.405 e. The van der Waals surface area contributed by atoms with E-state index in [1.54, 1.807) is 14.0 Å². The number of nitrogens with zero attached hydrogens (tertiary/aromatic N) is 3. The minimum Gasteiger partial charge on any atom is -0.494 e. The highest BCUT2D eigenvalue weighted by atomic mass is 32.2. The number of nitrogens with one attached hydrogen (secondary N) is 3. The van der Waals surface area contributed by atoms with E-state index in [-0.39, 0.29) is 31.2 Å². The molecule has 2 aromatic rings. The summed E-state index contributed by atoms with van der Waals surface area (Å²) in [4.78, 5) is 62.4. The van der Waals surface area contributed by atoms with Crippen LogP contribution in [-0.2, 0) is 24.4 Å². The van der Waals surface area contributed by atoms with Gasteiger partial charge in [0.1, 0.15) is 29.5 Å². The lowest BCUT2D eigenvalue weighted by atomic mass is 9.88. The quantitative estimate of drug-likeness (QED) is 0.289. The highest BCUT2D eigenvalue weighted by molar-refractivity contribution is 7.91. The third kappa shape index (κ3) is 7.60. The molecule has 1 saturated heterocycles. The Balaban J connectivity index is 1.35. The topological polar surface area (TPSA) is 197 Å². The molecule has 15 nitrogen and oxygen atoms in total. The van der Waals surface area contributed by atoms with Crippen LogP contribution in [0.2, 0.25) is 0 Å². The maximum absolute atomic E-state index is 14.4. The van der Waals surface area contributed by atoms with Crippen molar-refractivity contribution in [3.8, 4) is 11.6 Å². The summed E-state index contributed by atoms with van der Waals surface area (Å²) >= 11 is 0. The van der Waals surface area contributed by atoms with Crippen molar-refractivity contribution in [3.05, 3.63) is 36.5 Å². The molecule has 53 heavy (non-hydrogen) atoms. The molecule has 0 spiro atoms. The van der Waals surface area contributed by atoms with Gasteiger partial charge in [-0.2, -0.15) is 0 Å². The molecule has 2 saturated carbocycles. The summed E-state index contributed by atoms with van der Waals surface area (Å²) in [5.41, 5.74) is -0.623. The first-order chi connectivity index (χ1) is 25.0. The molecule has 4 amide bonds. The van der Waals surface area contributed by atoms with Crippen molar-refractivity contribution < 1.29 is 42.2 Å². The summed E-state index contributed by atoms with van der Waals surface area (Å²) < 4.78 is 39.5. The number of carbonyl (C=O) groups excluding carboxylic acids is 3. The van der Waals surface area contributed by atoms with Gasteiger partial charge in [0.2, 0.25) is 27.7 Å². The Morgan fingerprint density at radius 1 is 1.13 bits per heavy atom. The van der Waals surface area contributed by atoms with Crippen molar-refractivity contribution in [2.45, 2.75) is 94.2 Å². The van der Waals surface area contributed by atoms with Crippen molar-refractivity contribution in [2.75, 3.05) is 32.6 Å². The second-order valence-electron chi connectivity index (χ2n) is 15.6. The van der Waals surface area contributed by atoms with Gasteiger partial charge in [0.05, 0.1) is 24.6 Å². The van der Waals surface area contributed by atoms with E-state index in [9.17, 15) is 32.7 Å². The lowest BCUT2D eigenvalue weighted by Crippen LogP contribution is -2.59. The van der Waals surface area contributed by atoms with Crippen LogP contribution in [0, 0.1) is 17.8 Å². The molecule has 288 valence electrons. The third-order valence-corrected chi connectivity index (χ3v) is 13.5. The molecule has 0 bridgehead atoms. The van der Waals surface area contributed by atoms with Crippen LogP contribution in [0.5, 0.6) is 11.6 Å². The first-order valence-electron chi connectivity index (χ1n) is 18.1. The van der Waals surface area contributed by atoms with E-state index in [1.165, 1.54) is 11.1 Å². The number of pyridine rings is 1. The Morgan fingerprint density at radius 2 is 1.87 bits per heavy atom. The molecule has 16 heteroatoms. The molecule has 2 aliphatic heterocycles. The molecule has 0 unspecified atom stereocenters. The molecule has 1 aromatic heterocycles. The summed E-state index contributed by atoms with van der Waals surface area (Å²) in [5.74, 6) is -2.04. The highest BCUT2D eigenvalue weighted by Crippen LogP contribution is 2.47. The van der Waals surface area contributed by atoms with Gasteiger partial charge in [0.15, 0.2) is 0 Å². The molecule has 2 aliphatic carbocycles. The predicted molar refractivity (Wildman–Crippen MR) is 197 cm³/mol. The lowest BCUT2D eigenvalue weighted by molar-refractivity contribution is -0.142. The molecule has 3 heterocycles. The van der Waals surface area contributed by atoms with E-state index in [1.807, 2.05) is 63.2 Å². The number of ether oxygens (including phenoxy) is 2. The molecular weight excluding hydrogens is 705 g/mol. The van der Waals surface area contributed by atoms with Gasteiger partial charge in [0.25, 0.3) is 5.91 Å². The first-order valence-corrected chi connectivity index (χ1v) is 19.6. The molecule has 0 radical (unpaired) electrons. The third-order valence-electron chi connectivity index (χ3n) is 11.3.